The Bertz CT molecular complexity index is 387. The van der Waals surface area contributed by atoms with Gasteiger partial charge in [-0.15, -0.1) is 0 Å². The topological polar surface area (TPSA) is 72.9 Å². The first kappa shape index (κ1) is 14.7. The van der Waals surface area contributed by atoms with Gasteiger partial charge in [0.2, 0.25) is 5.91 Å². The molecule has 1 rings (SSSR count). The first-order chi connectivity index (χ1) is 8.49. The second-order valence-electron chi connectivity index (χ2n) is 4.83. The van der Waals surface area contributed by atoms with E-state index in [4.69, 9.17) is 5.73 Å². The molecule has 1 amide bonds. The van der Waals surface area contributed by atoms with Gasteiger partial charge >= 0.3 is 0 Å². The zero-order valence-corrected chi connectivity index (χ0v) is 11.7. The van der Waals surface area contributed by atoms with E-state index >= 15 is 0 Å². The summed E-state index contributed by atoms with van der Waals surface area (Å²) in [5.74, 6) is 0.0337. The first-order valence-corrected chi connectivity index (χ1v) is 6.48. The summed E-state index contributed by atoms with van der Waals surface area (Å²) in [6.45, 7) is 6.35. The third-order valence-electron chi connectivity index (χ3n) is 3.80. The highest BCUT2D eigenvalue weighted by Crippen LogP contribution is 2.26. The van der Waals surface area contributed by atoms with E-state index in [1.165, 1.54) is 0 Å². The van der Waals surface area contributed by atoms with Crippen molar-refractivity contribution in [2.75, 3.05) is 6.54 Å². The van der Waals surface area contributed by atoms with Crippen LogP contribution in [0.15, 0.2) is 12.4 Å². The first-order valence-electron chi connectivity index (χ1n) is 6.48. The highest BCUT2D eigenvalue weighted by molar-refractivity contribution is 5.83. The zero-order valence-electron chi connectivity index (χ0n) is 11.7. The lowest BCUT2D eigenvalue weighted by Gasteiger charge is -2.30. The molecule has 18 heavy (non-hydrogen) atoms. The molecule has 1 atom stereocenters. The molecule has 0 aromatic carbocycles. The molecule has 5 nitrogen and oxygen atoms in total. The maximum absolute atomic E-state index is 12.3. The second kappa shape index (κ2) is 6.00. The van der Waals surface area contributed by atoms with Crippen molar-refractivity contribution >= 4 is 5.91 Å². The number of hydrogen-bond acceptors (Lipinski definition) is 3. The Balaban J connectivity index is 2.75. The summed E-state index contributed by atoms with van der Waals surface area (Å²) in [6.07, 6.45) is 5.19. The van der Waals surface area contributed by atoms with Crippen LogP contribution in [0.4, 0.5) is 0 Å². The summed E-state index contributed by atoms with van der Waals surface area (Å²) in [5, 5.41) is 7.14. The quantitative estimate of drug-likeness (QED) is 0.803. The van der Waals surface area contributed by atoms with E-state index in [0.29, 0.717) is 6.54 Å². The Morgan fingerprint density at radius 3 is 2.56 bits per heavy atom. The maximum atomic E-state index is 12.3. The molecule has 0 saturated carbocycles. The third-order valence-corrected chi connectivity index (χ3v) is 3.80. The van der Waals surface area contributed by atoms with Gasteiger partial charge in [-0.1, -0.05) is 13.8 Å². The van der Waals surface area contributed by atoms with E-state index < -0.39 is 5.41 Å². The fourth-order valence-electron chi connectivity index (χ4n) is 2.05. The number of rotatable bonds is 6. The highest BCUT2D eigenvalue weighted by atomic mass is 16.2. The number of nitrogens with zero attached hydrogens (tertiary/aromatic N) is 2. The molecular weight excluding hydrogens is 228 g/mol. The van der Waals surface area contributed by atoms with Crippen molar-refractivity contribution in [3.8, 4) is 0 Å². The van der Waals surface area contributed by atoms with Crippen molar-refractivity contribution in [2.45, 2.75) is 39.7 Å². The number of aryl methyl sites for hydroxylation is 1. The molecule has 1 aromatic heterocycles. The van der Waals surface area contributed by atoms with E-state index in [2.05, 4.69) is 10.4 Å². The number of aromatic nitrogens is 2. The van der Waals surface area contributed by atoms with Gasteiger partial charge in [0, 0.05) is 25.4 Å². The van der Waals surface area contributed by atoms with Crippen LogP contribution in [0.3, 0.4) is 0 Å². The number of nitrogens with two attached hydrogens (primary N) is 1. The van der Waals surface area contributed by atoms with Gasteiger partial charge in [0.25, 0.3) is 0 Å². The Labute approximate surface area is 109 Å². The molecule has 1 heterocycles. The van der Waals surface area contributed by atoms with Crippen molar-refractivity contribution in [3.05, 3.63) is 18.0 Å². The number of hydrogen-bond donors (Lipinski definition) is 2. The van der Waals surface area contributed by atoms with Crippen molar-refractivity contribution in [2.24, 2.45) is 18.2 Å². The standard InChI is InChI=1S/C13H24N4O/c1-5-13(6-2,9-14)12(18)16-10(3)11-7-15-17(4)8-11/h7-8,10H,5-6,9,14H2,1-4H3,(H,16,18). The van der Waals surface area contributed by atoms with Gasteiger partial charge in [-0.05, 0) is 19.8 Å². The van der Waals surface area contributed by atoms with E-state index in [0.717, 1.165) is 18.4 Å². The molecule has 1 unspecified atom stereocenters. The maximum Gasteiger partial charge on any atom is 0.227 e. The van der Waals surface area contributed by atoms with Gasteiger partial charge in [0.15, 0.2) is 0 Å². The summed E-state index contributed by atoms with van der Waals surface area (Å²) in [6, 6.07) is -0.0461. The predicted octanol–water partition coefficient (Wildman–Crippen LogP) is 1.36. The Kier molecular flexibility index (Phi) is 4.90. The monoisotopic (exact) mass is 252 g/mol. The molecule has 0 aliphatic carbocycles. The van der Waals surface area contributed by atoms with E-state index in [1.807, 2.05) is 34.0 Å². The molecule has 0 fully saturated rings. The lowest BCUT2D eigenvalue weighted by atomic mass is 9.81. The number of carbonyl (C=O) groups excluding carboxylic acids is 1. The normalized spacial score (nSPS) is 13.4. The summed E-state index contributed by atoms with van der Waals surface area (Å²) in [5.41, 5.74) is 6.33. The molecule has 0 spiro atoms. The third kappa shape index (κ3) is 2.90. The molecule has 5 heteroatoms. The molecule has 0 aliphatic rings. The van der Waals surface area contributed by atoms with Crippen LogP contribution in [-0.4, -0.2) is 22.2 Å². The van der Waals surface area contributed by atoms with Crippen molar-refractivity contribution in [1.29, 1.82) is 0 Å². The summed E-state index contributed by atoms with van der Waals surface area (Å²) >= 11 is 0. The average Bonchev–Trinajstić information content (AvgIpc) is 2.79. The average molecular weight is 252 g/mol. The minimum absolute atomic E-state index is 0.0337. The molecule has 3 N–H and O–H groups in total. The van der Waals surface area contributed by atoms with Crippen LogP contribution in [0.25, 0.3) is 0 Å². The van der Waals surface area contributed by atoms with Gasteiger partial charge in [-0.2, -0.15) is 5.10 Å². The van der Waals surface area contributed by atoms with Crippen molar-refractivity contribution in [3.63, 3.8) is 0 Å². The van der Waals surface area contributed by atoms with Crippen molar-refractivity contribution < 1.29 is 4.79 Å². The van der Waals surface area contributed by atoms with Crippen LogP contribution in [-0.2, 0) is 11.8 Å². The molecular formula is C13H24N4O. The predicted molar refractivity (Wildman–Crippen MR) is 71.8 cm³/mol. The van der Waals surface area contributed by atoms with Gasteiger partial charge in [-0.25, -0.2) is 0 Å². The summed E-state index contributed by atoms with van der Waals surface area (Å²) in [7, 11) is 1.86. The molecule has 0 aliphatic heterocycles. The van der Waals surface area contributed by atoms with Crippen LogP contribution < -0.4 is 11.1 Å². The van der Waals surface area contributed by atoms with Crippen LogP contribution >= 0.6 is 0 Å². The molecule has 102 valence electrons. The van der Waals surface area contributed by atoms with E-state index in [-0.39, 0.29) is 11.9 Å². The fourth-order valence-corrected chi connectivity index (χ4v) is 2.05. The SMILES string of the molecule is CCC(CC)(CN)C(=O)NC(C)c1cnn(C)c1. The van der Waals surface area contributed by atoms with Crippen molar-refractivity contribution in [1.82, 2.24) is 15.1 Å². The Hall–Kier alpha value is -1.36. The number of carbonyl (C=O) groups is 1. The molecule has 0 saturated heterocycles. The molecule has 0 radical (unpaired) electrons. The van der Waals surface area contributed by atoms with E-state index in [1.54, 1.807) is 10.9 Å². The smallest absolute Gasteiger partial charge is 0.227 e. The highest BCUT2D eigenvalue weighted by Gasteiger charge is 2.34. The van der Waals surface area contributed by atoms with Crippen LogP contribution in [0.1, 0.15) is 45.2 Å². The second-order valence-corrected chi connectivity index (χ2v) is 4.83. The van der Waals surface area contributed by atoms with Gasteiger partial charge in [0.05, 0.1) is 17.7 Å². The molecule has 0 bridgehead atoms. The van der Waals surface area contributed by atoms with Crippen LogP contribution in [0.2, 0.25) is 0 Å². The van der Waals surface area contributed by atoms with Gasteiger partial charge < -0.3 is 11.1 Å². The van der Waals surface area contributed by atoms with Crippen LogP contribution in [0, 0.1) is 5.41 Å². The Morgan fingerprint density at radius 2 is 2.17 bits per heavy atom. The lowest BCUT2D eigenvalue weighted by molar-refractivity contribution is -0.131. The van der Waals surface area contributed by atoms with Gasteiger partial charge in [-0.3, -0.25) is 9.48 Å². The number of nitrogens with one attached hydrogen (secondary N) is 1. The summed E-state index contributed by atoms with van der Waals surface area (Å²) in [4.78, 5) is 12.3. The largest absolute Gasteiger partial charge is 0.349 e. The summed E-state index contributed by atoms with van der Waals surface area (Å²) < 4.78 is 1.73. The minimum Gasteiger partial charge on any atom is -0.349 e. The molecule has 1 aromatic rings. The minimum atomic E-state index is -0.448. The Morgan fingerprint density at radius 1 is 1.56 bits per heavy atom. The zero-order chi connectivity index (χ0) is 13.8. The lowest BCUT2D eigenvalue weighted by Crippen LogP contribution is -2.45. The van der Waals surface area contributed by atoms with Gasteiger partial charge in [0.1, 0.15) is 0 Å². The fraction of sp³-hybridized carbons (Fsp3) is 0.692. The van der Waals surface area contributed by atoms with Crippen LogP contribution in [0.5, 0.6) is 0 Å². The number of amides is 1. The van der Waals surface area contributed by atoms with E-state index in [9.17, 15) is 4.79 Å².